The number of carbonyl (C=O) groups is 2. The zero-order valence-corrected chi connectivity index (χ0v) is 24.4. The molecule has 208 valence electrons. The van der Waals surface area contributed by atoms with Gasteiger partial charge in [-0.2, -0.15) is 0 Å². The largest absolute Gasteiger partial charge is 0.462 e. The van der Waals surface area contributed by atoms with E-state index < -0.39 is 17.1 Å². The van der Waals surface area contributed by atoms with Gasteiger partial charge >= 0.3 is 11.9 Å². The van der Waals surface area contributed by atoms with Gasteiger partial charge in [0.05, 0.1) is 0 Å². The number of fused-ring (bicyclic) bond motifs is 5. The van der Waals surface area contributed by atoms with Crippen LogP contribution in [0, 0.1) is 46.3 Å². The number of esters is 2. The predicted octanol–water partition coefficient (Wildman–Crippen LogP) is 6.64. The van der Waals surface area contributed by atoms with E-state index >= 15 is 0 Å². The first-order valence-corrected chi connectivity index (χ1v) is 14.7. The monoisotopic (exact) mass is 514 g/mol. The van der Waals surface area contributed by atoms with Gasteiger partial charge in [0.15, 0.2) is 0 Å². The highest BCUT2D eigenvalue weighted by molar-refractivity contribution is 5.67. The van der Waals surface area contributed by atoms with E-state index in [2.05, 4.69) is 59.8 Å². The molecule has 0 amide bonds. The summed E-state index contributed by atoms with van der Waals surface area (Å²) >= 11 is 0. The second kappa shape index (κ2) is 10.2. The smallest absolute Gasteiger partial charge is 0.303 e. The fraction of sp³-hybridized carbons (Fsp3) is 0.812. The molecule has 10 atom stereocenters. The maximum atomic E-state index is 12.3. The topological polar surface area (TPSA) is 72.8 Å². The van der Waals surface area contributed by atoms with Gasteiger partial charge in [-0.25, -0.2) is 0 Å². The summed E-state index contributed by atoms with van der Waals surface area (Å²) in [4.78, 5) is 23.9. The van der Waals surface area contributed by atoms with Gasteiger partial charge in [-0.3, -0.25) is 9.59 Å². The second-order valence-corrected chi connectivity index (χ2v) is 13.7. The van der Waals surface area contributed by atoms with E-state index in [9.17, 15) is 14.7 Å². The molecule has 1 N–H and O–H groups in total. The van der Waals surface area contributed by atoms with Crippen LogP contribution >= 0.6 is 0 Å². The third-order valence-corrected chi connectivity index (χ3v) is 11.3. The Hall–Kier alpha value is -1.62. The third kappa shape index (κ3) is 4.83. The van der Waals surface area contributed by atoms with E-state index in [0.29, 0.717) is 36.0 Å². The maximum Gasteiger partial charge on any atom is 0.303 e. The SMILES string of the molecule is CC(=O)O[C@H]1CC[C@]2(C)[C@H]3CC[C@]4(C)[C@@H]([C@H](C)/C=C/[C@H](C)C(C)C)CC[C@H]4C3=C[C@@H](OC(C)=O)[C@@]2(O)C1. The number of hydrogen-bond donors (Lipinski definition) is 1. The quantitative estimate of drug-likeness (QED) is 0.318. The molecule has 0 bridgehead atoms. The van der Waals surface area contributed by atoms with Gasteiger partial charge in [0.1, 0.15) is 17.8 Å². The number of rotatable bonds is 6. The summed E-state index contributed by atoms with van der Waals surface area (Å²) in [5, 5.41) is 12.3. The van der Waals surface area contributed by atoms with Crippen LogP contribution in [0.15, 0.2) is 23.8 Å². The van der Waals surface area contributed by atoms with E-state index in [1.807, 2.05) is 0 Å². The van der Waals surface area contributed by atoms with Gasteiger partial charge in [0.25, 0.3) is 0 Å². The van der Waals surface area contributed by atoms with Crippen molar-refractivity contribution in [3.8, 4) is 0 Å². The number of carbonyl (C=O) groups excluding carboxylic acids is 2. The molecular formula is C32H50O5. The molecule has 3 fully saturated rings. The highest BCUT2D eigenvalue weighted by Crippen LogP contribution is 2.68. The highest BCUT2D eigenvalue weighted by atomic mass is 16.6. The summed E-state index contributed by atoms with van der Waals surface area (Å²) in [6, 6.07) is 0. The molecule has 0 unspecified atom stereocenters. The van der Waals surface area contributed by atoms with Crippen molar-refractivity contribution in [2.24, 2.45) is 46.3 Å². The Kier molecular flexibility index (Phi) is 7.80. The fourth-order valence-corrected chi connectivity index (χ4v) is 8.76. The van der Waals surface area contributed by atoms with Gasteiger partial charge < -0.3 is 14.6 Å². The van der Waals surface area contributed by atoms with Gasteiger partial charge in [0.2, 0.25) is 0 Å². The Balaban J connectivity index is 1.67. The van der Waals surface area contributed by atoms with Crippen LogP contribution in [0.5, 0.6) is 0 Å². The first-order chi connectivity index (χ1) is 17.2. The molecule has 4 aliphatic rings. The molecule has 0 saturated heterocycles. The van der Waals surface area contributed by atoms with Gasteiger partial charge in [-0.15, -0.1) is 0 Å². The lowest BCUT2D eigenvalue weighted by Crippen LogP contribution is -2.66. The van der Waals surface area contributed by atoms with Crippen LogP contribution < -0.4 is 0 Å². The zero-order chi connectivity index (χ0) is 27.3. The molecule has 0 aromatic carbocycles. The normalized spacial score (nSPS) is 42.9. The molecule has 4 aliphatic carbocycles. The van der Waals surface area contributed by atoms with Crippen LogP contribution in [0.2, 0.25) is 0 Å². The van der Waals surface area contributed by atoms with Crippen LogP contribution in [0.1, 0.15) is 100 Å². The summed E-state index contributed by atoms with van der Waals surface area (Å²) in [7, 11) is 0. The molecule has 0 aliphatic heterocycles. The summed E-state index contributed by atoms with van der Waals surface area (Å²) in [6.07, 6.45) is 12.3. The van der Waals surface area contributed by atoms with Crippen molar-refractivity contribution in [1.82, 2.24) is 0 Å². The molecule has 0 spiro atoms. The summed E-state index contributed by atoms with van der Waals surface area (Å²) in [5.74, 6) is 2.35. The Morgan fingerprint density at radius 2 is 1.62 bits per heavy atom. The Morgan fingerprint density at radius 1 is 0.946 bits per heavy atom. The minimum Gasteiger partial charge on any atom is -0.462 e. The van der Waals surface area contributed by atoms with E-state index in [4.69, 9.17) is 9.47 Å². The van der Waals surface area contributed by atoms with Crippen molar-refractivity contribution in [3.63, 3.8) is 0 Å². The van der Waals surface area contributed by atoms with Gasteiger partial charge in [-0.05, 0) is 85.5 Å². The standard InChI is InChI=1S/C32H50O5/c1-19(2)20(3)9-10-21(4)26-11-12-27-25-17-29(37-23(6)34)32(35)18-24(36-22(5)33)13-16-31(32,8)28(25)14-15-30(26,27)7/h9-10,17,19-21,24,26-29,35H,11-16,18H2,1-8H3/b10-9+/t20-,21+,24-,26+,27-,28-,29+,30+,31+,32-/m0/s1. The maximum absolute atomic E-state index is 12.3. The van der Waals surface area contributed by atoms with E-state index in [-0.39, 0.29) is 29.4 Å². The first-order valence-electron chi connectivity index (χ1n) is 14.7. The molecule has 0 aromatic heterocycles. The summed E-state index contributed by atoms with van der Waals surface area (Å²) < 4.78 is 11.4. The van der Waals surface area contributed by atoms with Crippen LogP contribution in [-0.4, -0.2) is 34.9 Å². The van der Waals surface area contributed by atoms with E-state index in [1.165, 1.54) is 25.8 Å². The minimum atomic E-state index is -1.25. The molecule has 5 heteroatoms. The second-order valence-electron chi connectivity index (χ2n) is 13.7. The number of ether oxygens (including phenoxy) is 2. The lowest BCUT2D eigenvalue weighted by Gasteiger charge is -2.62. The number of allylic oxidation sites excluding steroid dienone is 3. The summed E-state index contributed by atoms with van der Waals surface area (Å²) in [5.41, 5.74) is -0.0625. The Labute approximate surface area is 224 Å². The van der Waals surface area contributed by atoms with Crippen molar-refractivity contribution in [3.05, 3.63) is 23.8 Å². The van der Waals surface area contributed by atoms with Crippen molar-refractivity contribution >= 4 is 11.9 Å². The van der Waals surface area contributed by atoms with Crippen molar-refractivity contribution in [1.29, 1.82) is 0 Å². The van der Waals surface area contributed by atoms with Crippen LogP contribution in [0.25, 0.3) is 0 Å². The highest BCUT2D eigenvalue weighted by Gasteiger charge is 2.66. The summed E-state index contributed by atoms with van der Waals surface area (Å²) in [6.45, 7) is 16.8. The average molecular weight is 515 g/mol. The van der Waals surface area contributed by atoms with Gasteiger partial charge in [0, 0.05) is 25.7 Å². The Morgan fingerprint density at radius 3 is 2.24 bits per heavy atom. The van der Waals surface area contributed by atoms with E-state index in [1.54, 1.807) is 0 Å². The van der Waals surface area contributed by atoms with Gasteiger partial charge in [-0.1, -0.05) is 59.3 Å². The average Bonchev–Trinajstić information content (AvgIpc) is 3.15. The molecule has 37 heavy (non-hydrogen) atoms. The number of aliphatic hydroxyl groups is 1. The molecule has 5 nitrogen and oxygen atoms in total. The molecule has 0 aromatic rings. The molecule has 4 rings (SSSR count). The number of hydrogen-bond acceptors (Lipinski definition) is 5. The molecular weight excluding hydrogens is 464 g/mol. The molecule has 3 saturated carbocycles. The fourth-order valence-electron chi connectivity index (χ4n) is 8.76. The lowest BCUT2D eigenvalue weighted by atomic mass is 9.45. The van der Waals surface area contributed by atoms with Crippen molar-refractivity contribution in [2.75, 3.05) is 0 Å². The Bertz CT molecular complexity index is 951. The van der Waals surface area contributed by atoms with E-state index in [0.717, 1.165) is 32.1 Å². The molecule has 0 heterocycles. The lowest BCUT2D eigenvalue weighted by molar-refractivity contribution is -0.225. The van der Waals surface area contributed by atoms with Crippen LogP contribution in [0.3, 0.4) is 0 Å². The third-order valence-electron chi connectivity index (χ3n) is 11.3. The zero-order valence-electron chi connectivity index (χ0n) is 24.4. The predicted molar refractivity (Wildman–Crippen MR) is 145 cm³/mol. The van der Waals surface area contributed by atoms with Crippen molar-refractivity contribution < 1.29 is 24.2 Å². The van der Waals surface area contributed by atoms with Crippen LogP contribution in [-0.2, 0) is 19.1 Å². The first kappa shape index (κ1) is 28.4. The van der Waals surface area contributed by atoms with Crippen LogP contribution in [0.4, 0.5) is 0 Å². The van der Waals surface area contributed by atoms with Crippen molar-refractivity contribution in [2.45, 2.75) is 118 Å². The minimum absolute atomic E-state index is 0.203. The molecule has 0 radical (unpaired) electrons.